The first-order valence-corrected chi connectivity index (χ1v) is 7.06. The van der Waals surface area contributed by atoms with E-state index in [2.05, 4.69) is 37.2 Å². The van der Waals surface area contributed by atoms with Gasteiger partial charge in [0.25, 0.3) is 0 Å². The second kappa shape index (κ2) is 6.52. The fraction of sp³-hybridized carbons (Fsp3) is 0.417. The van der Waals surface area contributed by atoms with Gasteiger partial charge >= 0.3 is 0 Å². The van der Waals surface area contributed by atoms with Crippen LogP contribution in [0, 0.1) is 5.92 Å². The molecule has 94 valence electrons. The summed E-state index contributed by atoms with van der Waals surface area (Å²) < 4.78 is 1.66. The molecule has 0 fully saturated rings. The molecule has 0 bridgehead atoms. The molecule has 0 spiro atoms. The Balaban J connectivity index is 2.81. The van der Waals surface area contributed by atoms with E-state index in [4.69, 9.17) is 5.73 Å². The lowest BCUT2D eigenvalue weighted by atomic mass is 9.99. The number of para-hydroxylation sites is 1. The van der Waals surface area contributed by atoms with Gasteiger partial charge in [-0.2, -0.15) is 0 Å². The Kier molecular flexibility index (Phi) is 5.62. The van der Waals surface area contributed by atoms with E-state index < -0.39 is 6.04 Å². The number of hydrogen-bond donors (Lipinski definition) is 2. The van der Waals surface area contributed by atoms with E-state index in [0.717, 1.165) is 21.1 Å². The zero-order chi connectivity index (χ0) is 13.0. The van der Waals surface area contributed by atoms with Crippen LogP contribution in [0.5, 0.6) is 0 Å². The minimum atomic E-state index is -0.487. The summed E-state index contributed by atoms with van der Waals surface area (Å²) in [5.74, 6) is 0.00298. The third-order valence-electron chi connectivity index (χ3n) is 2.77. The van der Waals surface area contributed by atoms with Gasteiger partial charge in [-0.25, -0.2) is 0 Å². The van der Waals surface area contributed by atoms with E-state index >= 15 is 0 Å². The van der Waals surface area contributed by atoms with Crippen molar-refractivity contribution >= 4 is 43.5 Å². The van der Waals surface area contributed by atoms with Crippen LogP contribution in [-0.4, -0.2) is 11.9 Å². The predicted octanol–water partition coefficient (Wildman–Crippen LogP) is 3.52. The third kappa shape index (κ3) is 3.79. The van der Waals surface area contributed by atoms with Gasteiger partial charge in [0.2, 0.25) is 5.91 Å². The number of anilines is 1. The molecule has 0 unspecified atom stereocenters. The number of nitrogens with one attached hydrogen (secondary N) is 1. The Morgan fingerprint density at radius 2 is 1.94 bits per heavy atom. The van der Waals surface area contributed by atoms with Crippen LogP contribution in [0.1, 0.15) is 20.3 Å². The lowest BCUT2D eigenvalue weighted by Crippen LogP contribution is -2.40. The molecule has 0 radical (unpaired) electrons. The fourth-order valence-corrected chi connectivity index (χ4v) is 2.53. The van der Waals surface area contributed by atoms with E-state index in [1.165, 1.54) is 0 Å². The molecule has 2 atom stereocenters. The van der Waals surface area contributed by atoms with E-state index in [1.54, 1.807) is 0 Å². The first-order chi connectivity index (χ1) is 7.97. The molecule has 5 heteroatoms. The molecular weight excluding hydrogens is 348 g/mol. The quantitative estimate of drug-likeness (QED) is 0.859. The number of rotatable bonds is 4. The Morgan fingerprint density at radius 3 is 2.41 bits per heavy atom. The van der Waals surface area contributed by atoms with Gasteiger partial charge in [-0.15, -0.1) is 0 Å². The Morgan fingerprint density at radius 1 is 1.41 bits per heavy atom. The van der Waals surface area contributed by atoms with E-state index in [1.807, 2.05) is 32.0 Å². The highest BCUT2D eigenvalue weighted by atomic mass is 79.9. The minimum absolute atomic E-state index is 0.160. The highest BCUT2D eigenvalue weighted by molar-refractivity contribution is 9.11. The second-order valence-corrected chi connectivity index (χ2v) is 5.71. The van der Waals surface area contributed by atoms with Gasteiger partial charge in [0.1, 0.15) is 0 Å². The molecule has 1 aromatic carbocycles. The number of hydrogen-bond acceptors (Lipinski definition) is 2. The van der Waals surface area contributed by atoms with Gasteiger partial charge in [-0.05, 0) is 49.9 Å². The van der Waals surface area contributed by atoms with Crippen LogP contribution in [0.15, 0.2) is 27.1 Å². The van der Waals surface area contributed by atoms with Crippen molar-refractivity contribution in [3.8, 4) is 0 Å². The number of benzene rings is 1. The Labute approximate surface area is 118 Å². The summed E-state index contributed by atoms with van der Waals surface area (Å²) in [6, 6.07) is 5.14. The molecule has 0 heterocycles. The van der Waals surface area contributed by atoms with Crippen molar-refractivity contribution in [2.45, 2.75) is 26.3 Å². The summed E-state index contributed by atoms with van der Waals surface area (Å²) in [6.45, 7) is 3.99. The summed E-state index contributed by atoms with van der Waals surface area (Å²) in [7, 11) is 0. The maximum absolute atomic E-state index is 11.9. The molecule has 1 rings (SSSR count). The number of carbonyl (C=O) groups excluding carboxylic acids is 1. The molecule has 17 heavy (non-hydrogen) atoms. The van der Waals surface area contributed by atoms with Crippen molar-refractivity contribution in [1.82, 2.24) is 0 Å². The molecule has 0 saturated carbocycles. The van der Waals surface area contributed by atoms with Gasteiger partial charge in [0.05, 0.1) is 11.7 Å². The minimum Gasteiger partial charge on any atom is -0.323 e. The van der Waals surface area contributed by atoms with Crippen LogP contribution in [0.3, 0.4) is 0 Å². The average molecular weight is 364 g/mol. The molecule has 0 aliphatic heterocycles. The summed E-state index contributed by atoms with van der Waals surface area (Å²) in [4.78, 5) is 11.9. The van der Waals surface area contributed by atoms with Crippen LogP contribution in [-0.2, 0) is 4.79 Å². The van der Waals surface area contributed by atoms with Crippen molar-refractivity contribution < 1.29 is 4.79 Å². The molecule has 3 nitrogen and oxygen atoms in total. The first-order valence-electron chi connectivity index (χ1n) is 5.47. The lowest BCUT2D eigenvalue weighted by Gasteiger charge is -2.18. The highest BCUT2D eigenvalue weighted by Gasteiger charge is 2.20. The average Bonchev–Trinajstić information content (AvgIpc) is 2.31. The van der Waals surface area contributed by atoms with Gasteiger partial charge in [-0.1, -0.05) is 26.3 Å². The molecule has 3 N–H and O–H groups in total. The zero-order valence-corrected chi connectivity index (χ0v) is 13.0. The molecule has 0 aliphatic rings. The van der Waals surface area contributed by atoms with Crippen LogP contribution >= 0.6 is 31.9 Å². The normalized spacial score (nSPS) is 14.2. The summed E-state index contributed by atoms with van der Waals surface area (Å²) in [5, 5.41) is 2.84. The summed E-state index contributed by atoms with van der Waals surface area (Å²) in [5.41, 5.74) is 6.60. The van der Waals surface area contributed by atoms with Crippen LogP contribution in [0.4, 0.5) is 5.69 Å². The van der Waals surface area contributed by atoms with Crippen molar-refractivity contribution in [3.05, 3.63) is 27.1 Å². The van der Waals surface area contributed by atoms with E-state index in [9.17, 15) is 4.79 Å². The predicted molar refractivity (Wildman–Crippen MR) is 77.9 cm³/mol. The molecule has 0 saturated heterocycles. The summed E-state index contributed by atoms with van der Waals surface area (Å²) in [6.07, 6.45) is 0.881. The van der Waals surface area contributed by atoms with Crippen molar-refractivity contribution in [2.24, 2.45) is 11.7 Å². The third-order valence-corrected chi connectivity index (χ3v) is 4.09. The van der Waals surface area contributed by atoms with Gasteiger partial charge in [0.15, 0.2) is 0 Å². The smallest absolute Gasteiger partial charge is 0.241 e. The van der Waals surface area contributed by atoms with Crippen molar-refractivity contribution in [3.63, 3.8) is 0 Å². The molecular formula is C12H16Br2N2O. The van der Waals surface area contributed by atoms with E-state index in [-0.39, 0.29) is 11.8 Å². The summed E-state index contributed by atoms with van der Waals surface area (Å²) >= 11 is 6.79. The zero-order valence-electron chi connectivity index (χ0n) is 9.84. The Bertz CT molecular complexity index is 389. The van der Waals surface area contributed by atoms with Crippen LogP contribution < -0.4 is 11.1 Å². The number of amides is 1. The maximum atomic E-state index is 11.9. The van der Waals surface area contributed by atoms with Gasteiger partial charge < -0.3 is 11.1 Å². The maximum Gasteiger partial charge on any atom is 0.241 e. The standard InChI is InChI=1S/C12H16Br2N2O/c1-3-7(2)10(15)12(17)16-11-8(13)5-4-6-9(11)14/h4-7,10H,3,15H2,1-2H3,(H,16,17)/t7-,10-/m0/s1. The van der Waals surface area contributed by atoms with Crippen LogP contribution in [0.2, 0.25) is 0 Å². The van der Waals surface area contributed by atoms with E-state index in [0.29, 0.717) is 0 Å². The fourth-order valence-electron chi connectivity index (χ4n) is 1.34. The number of nitrogens with two attached hydrogens (primary N) is 1. The lowest BCUT2D eigenvalue weighted by molar-refractivity contribution is -0.118. The molecule has 0 aliphatic carbocycles. The molecule has 1 aromatic rings. The SMILES string of the molecule is CC[C@H](C)[C@H](N)C(=O)Nc1c(Br)cccc1Br. The monoisotopic (exact) mass is 362 g/mol. The van der Waals surface area contributed by atoms with Crippen molar-refractivity contribution in [1.29, 1.82) is 0 Å². The topological polar surface area (TPSA) is 55.1 Å². The van der Waals surface area contributed by atoms with Crippen LogP contribution in [0.25, 0.3) is 0 Å². The highest BCUT2D eigenvalue weighted by Crippen LogP contribution is 2.30. The number of halogens is 2. The number of carbonyl (C=O) groups is 1. The van der Waals surface area contributed by atoms with Crippen molar-refractivity contribution in [2.75, 3.05) is 5.32 Å². The largest absolute Gasteiger partial charge is 0.323 e. The molecule has 0 aromatic heterocycles. The van der Waals surface area contributed by atoms with Gasteiger partial charge in [-0.3, -0.25) is 4.79 Å². The Hall–Kier alpha value is -0.390. The molecule has 1 amide bonds. The van der Waals surface area contributed by atoms with Gasteiger partial charge in [0, 0.05) is 8.95 Å². The second-order valence-electron chi connectivity index (χ2n) is 4.00. The first kappa shape index (κ1) is 14.7.